The zero-order valence-corrected chi connectivity index (χ0v) is 10.6. The molecule has 1 heterocycles. The molecule has 7 heteroatoms. The summed E-state index contributed by atoms with van der Waals surface area (Å²) in [4.78, 5) is 15.4. The molecule has 0 fully saturated rings. The predicted molar refractivity (Wildman–Crippen MR) is 64.5 cm³/mol. The SMILES string of the molecule is COCC(O)CNC(=O)c1cc(Cl)ncc1Cl. The molecule has 1 atom stereocenters. The number of aliphatic hydroxyl groups excluding tert-OH is 1. The van der Waals surface area contributed by atoms with Gasteiger partial charge in [0.05, 0.1) is 23.3 Å². The summed E-state index contributed by atoms with van der Waals surface area (Å²) in [6.07, 6.45) is 0.532. The molecule has 0 aromatic carbocycles. The number of pyridine rings is 1. The number of ether oxygens (including phenoxy) is 1. The van der Waals surface area contributed by atoms with Crippen LogP contribution in [0.2, 0.25) is 10.2 Å². The molecule has 0 aliphatic rings. The maximum absolute atomic E-state index is 11.7. The van der Waals surface area contributed by atoms with Crippen molar-refractivity contribution in [2.75, 3.05) is 20.3 Å². The van der Waals surface area contributed by atoms with Gasteiger partial charge in [0.2, 0.25) is 0 Å². The van der Waals surface area contributed by atoms with Gasteiger partial charge in [-0.25, -0.2) is 4.98 Å². The van der Waals surface area contributed by atoms with Crippen LogP contribution in [0.5, 0.6) is 0 Å². The molecular weight excluding hydrogens is 267 g/mol. The summed E-state index contributed by atoms with van der Waals surface area (Å²) in [5.74, 6) is -0.422. The Hall–Kier alpha value is -0.880. The van der Waals surface area contributed by atoms with Crippen LogP contribution >= 0.6 is 23.2 Å². The quantitative estimate of drug-likeness (QED) is 0.792. The van der Waals surface area contributed by atoms with Crippen molar-refractivity contribution in [3.8, 4) is 0 Å². The van der Waals surface area contributed by atoms with Crippen molar-refractivity contribution in [2.45, 2.75) is 6.10 Å². The van der Waals surface area contributed by atoms with Crippen molar-refractivity contribution >= 4 is 29.1 Å². The Labute approximate surface area is 109 Å². The van der Waals surface area contributed by atoms with Crippen LogP contribution in [0.3, 0.4) is 0 Å². The van der Waals surface area contributed by atoms with Crippen molar-refractivity contribution in [1.29, 1.82) is 0 Å². The van der Waals surface area contributed by atoms with E-state index in [9.17, 15) is 9.90 Å². The molecule has 0 saturated heterocycles. The highest BCUT2D eigenvalue weighted by molar-refractivity contribution is 6.35. The van der Waals surface area contributed by atoms with Crippen LogP contribution < -0.4 is 5.32 Å². The summed E-state index contributed by atoms with van der Waals surface area (Å²) in [6, 6.07) is 1.36. The van der Waals surface area contributed by atoms with Gasteiger partial charge in [-0.2, -0.15) is 0 Å². The third-order valence-electron chi connectivity index (χ3n) is 1.92. The van der Waals surface area contributed by atoms with Crippen LogP contribution in [0.15, 0.2) is 12.3 Å². The molecule has 0 aliphatic carbocycles. The maximum Gasteiger partial charge on any atom is 0.253 e. The molecule has 0 saturated carbocycles. The normalized spacial score (nSPS) is 12.2. The van der Waals surface area contributed by atoms with Gasteiger partial charge in [0, 0.05) is 19.9 Å². The number of nitrogens with zero attached hydrogens (tertiary/aromatic N) is 1. The first kappa shape index (κ1) is 14.2. The number of hydrogen-bond acceptors (Lipinski definition) is 4. The van der Waals surface area contributed by atoms with E-state index in [1.807, 2.05) is 0 Å². The standard InChI is InChI=1S/C10H12Cl2N2O3/c1-17-5-6(15)3-14-10(16)7-2-9(12)13-4-8(7)11/h2,4,6,15H,3,5H2,1H3,(H,14,16). The average Bonchev–Trinajstić information content (AvgIpc) is 2.29. The Morgan fingerprint density at radius 1 is 1.65 bits per heavy atom. The summed E-state index contributed by atoms with van der Waals surface area (Å²) in [6.45, 7) is 0.216. The second-order valence-electron chi connectivity index (χ2n) is 3.31. The molecule has 1 aromatic rings. The number of rotatable bonds is 5. The summed E-state index contributed by atoms with van der Waals surface area (Å²) < 4.78 is 4.73. The number of hydrogen-bond donors (Lipinski definition) is 2. The van der Waals surface area contributed by atoms with Gasteiger partial charge in [0.1, 0.15) is 5.15 Å². The lowest BCUT2D eigenvalue weighted by molar-refractivity contribution is 0.0610. The minimum atomic E-state index is -0.764. The van der Waals surface area contributed by atoms with E-state index in [1.54, 1.807) is 0 Å². The van der Waals surface area contributed by atoms with Crippen molar-refractivity contribution in [2.24, 2.45) is 0 Å². The molecule has 5 nitrogen and oxygen atoms in total. The number of nitrogens with one attached hydrogen (secondary N) is 1. The average molecular weight is 279 g/mol. The van der Waals surface area contributed by atoms with Gasteiger partial charge in [-0.3, -0.25) is 4.79 Å². The largest absolute Gasteiger partial charge is 0.389 e. The molecule has 1 rings (SSSR count). The van der Waals surface area contributed by atoms with E-state index in [1.165, 1.54) is 19.4 Å². The summed E-state index contributed by atoms with van der Waals surface area (Å²) >= 11 is 11.5. The number of halogens is 2. The number of methoxy groups -OCH3 is 1. The van der Waals surface area contributed by atoms with E-state index in [-0.39, 0.29) is 28.9 Å². The Morgan fingerprint density at radius 3 is 3.00 bits per heavy atom. The third kappa shape index (κ3) is 4.47. The van der Waals surface area contributed by atoms with Gasteiger partial charge >= 0.3 is 0 Å². The molecule has 17 heavy (non-hydrogen) atoms. The van der Waals surface area contributed by atoms with Gasteiger partial charge in [-0.05, 0) is 6.07 Å². The van der Waals surface area contributed by atoms with E-state index < -0.39 is 12.0 Å². The van der Waals surface area contributed by atoms with E-state index in [0.717, 1.165) is 0 Å². The van der Waals surface area contributed by atoms with Gasteiger partial charge in [-0.15, -0.1) is 0 Å². The second kappa shape index (κ2) is 6.76. The number of aliphatic hydroxyl groups is 1. The first-order valence-electron chi connectivity index (χ1n) is 4.81. The van der Waals surface area contributed by atoms with Crippen molar-refractivity contribution in [3.63, 3.8) is 0 Å². The lowest BCUT2D eigenvalue weighted by Gasteiger charge is -2.11. The lowest BCUT2D eigenvalue weighted by Crippen LogP contribution is -2.34. The van der Waals surface area contributed by atoms with Crippen molar-refractivity contribution < 1.29 is 14.6 Å². The number of aromatic nitrogens is 1. The van der Waals surface area contributed by atoms with E-state index in [4.69, 9.17) is 27.9 Å². The Balaban J connectivity index is 2.61. The first-order chi connectivity index (χ1) is 8.04. The Morgan fingerprint density at radius 2 is 2.35 bits per heavy atom. The zero-order chi connectivity index (χ0) is 12.8. The minimum Gasteiger partial charge on any atom is -0.389 e. The van der Waals surface area contributed by atoms with Crippen LogP contribution in [0.25, 0.3) is 0 Å². The van der Waals surface area contributed by atoms with Gasteiger partial charge < -0.3 is 15.2 Å². The fourth-order valence-electron chi connectivity index (χ4n) is 1.14. The smallest absolute Gasteiger partial charge is 0.253 e. The summed E-state index contributed by atoms with van der Waals surface area (Å²) in [7, 11) is 1.46. The molecule has 0 aliphatic heterocycles. The van der Waals surface area contributed by atoms with Gasteiger partial charge in [0.15, 0.2) is 0 Å². The summed E-state index contributed by atoms with van der Waals surface area (Å²) in [5.41, 5.74) is 0.219. The van der Waals surface area contributed by atoms with Crippen LogP contribution in [0.1, 0.15) is 10.4 Å². The number of amides is 1. The van der Waals surface area contributed by atoms with Crippen LogP contribution in [0, 0.1) is 0 Å². The molecular formula is C10H12Cl2N2O3. The number of carbonyl (C=O) groups is 1. The van der Waals surface area contributed by atoms with E-state index in [2.05, 4.69) is 10.3 Å². The highest BCUT2D eigenvalue weighted by Gasteiger charge is 2.13. The van der Waals surface area contributed by atoms with Crippen molar-refractivity contribution in [3.05, 3.63) is 28.0 Å². The fraction of sp³-hybridized carbons (Fsp3) is 0.400. The highest BCUT2D eigenvalue weighted by atomic mass is 35.5. The molecule has 0 radical (unpaired) electrons. The van der Waals surface area contributed by atoms with Crippen LogP contribution in [0.4, 0.5) is 0 Å². The molecule has 94 valence electrons. The fourth-order valence-corrected chi connectivity index (χ4v) is 1.49. The maximum atomic E-state index is 11.7. The molecule has 1 unspecified atom stereocenters. The third-order valence-corrected chi connectivity index (χ3v) is 2.43. The topological polar surface area (TPSA) is 71.5 Å². The first-order valence-corrected chi connectivity index (χ1v) is 5.56. The zero-order valence-electron chi connectivity index (χ0n) is 9.11. The van der Waals surface area contributed by atoms with Crippen LogP contribution in [-0.2, 0) is 4.74 Å². The molecule has 2 N–H and O–H groups in total. The summed E-state index contributed by atoms with van der Waals surface area (Å²) in [5, 5.41) is 12.2. The van der Waals surface area contributed by atoms with Crippen LogP contribution in [-0.4, -0.2) is 42.4 Å². The van der Waals surface area contributed by atoms with Crippen molar-refractivity contribution in [1.82, 2.24) is 10.3 Å². The number of carbonyl (C=O) groups excluding carboxylic acids is 1. The lowest BCUT2D eigenvalue weighted by atomic mass is 10.2. The second-order valence-corrected chi connectivity index (χ2v) is 4.10. The Kier molecular flexibility index (Phi) is 5.64. The minimum absolute atomic E-state index is 0.0724. The highest BCUT2D eigenvalue weighted by Crippen LogP contribution is 2.17. The van der Waals surface area contributed by atoms with Gasteiger partial charge in [-0.1, -0.05) is 23.2 Å². The van der Waals surface area contributed by atoms with E-state index >= 15 is 0 Å². The van der Waals surface area contributed by atoms with Gasteiger partial charge in [0.25, 0.3) is 5.91 Å². The molecule has 0 bridgehead atoms. The molecule has 0 spiro atoms. The monoisotopic (exact) mass is 278 g/mol. The molecule has 1 amide bonds. The van der Waals surface area contributed by atoms with E-state index in [0.29, 0.717) is 0 Å². The predicted octanol–water partition coefficient (Wildman–Crippen LogP) is 1.13. The Bertz CT molecular complexity index is 401. The molecule has 1 aromatic heterocycles.